The summed E-state index contributed by atoms with van der Waals surface area (Å²) >= 11 is 0. The molecule has 0 saturated heterocycles. The van der Waals surface area contributed by atoms with Crippen LogP contribution in [0.4, 0.5) is 13.2 Å². The highest BCUT2D eigenvalue weighted by molar-refractivity contribution is 5.78. The first-order valence-electron chi connectivity index (χ1n) is 8.95. The third-order valence-electron chi connectivity index (χ3n) is 4.44. The van der Waals surface area contributed by atoms with Crippen LogP contribution in [-0.2, 0) is 11.0 Å². The van der Waals surface area contributed by atoms with Crippen molar-refractivity contribution < 1.29 is 22.7 Å². The van der Waals surface area contributed by atoms with Crippen LogP contribution in [0.3, 0.4) is 0 Å². The van der Waals surface area contributed by atoms with Gasteiger partial charge in [0.2, 0.25) is 0 Å². The van der Waals surface area contributed by atoms with Gasteiger partial charge in [-0.1, -0.05) is 30.3 Å². The van der Waals surface area contributed by atoms with Crippen LogP contribution >= 0.6 is 0 Å². The number of carbonyl (C=O) groups excluding carboxylic acids is 1. The number of amides is 1. The lowest BCUT2D eigenvalue weighted by atomic mass is 10.1. The molecule has 1 atom stereocenters. The van der Waals surface area contributed by atoms with Gasteiger partial charge in [0.15, 0.2) is 6.61 Å². The highest BCUT2D eigenvalue weighted by Crippen LogP contribution is 2.35. The van der Waals surface area contributed by atoms with Gasteiger partial charge in [-0.25, -0.2) is 4.68 Å². The fourth-order valence-corrected chi connectivity index (χ4v) is 3.01. The number of hydrogen-bond acceptors (Lipinski definition) is 3. The molecule has 0 saturated carbocycles. The van der Waals surface area contributed by atoms with Crippen LogP contribution in [0.2, 0.25) is 0 Å². The van der Waals surface area contributed by atoms with Crippen LogP contribution in [0.25, 0.3) is 5.69 Å². The normalized spacial score (nSPS) is 12.4. The van der Waals surface area contributed by atoms with E-state index in [1.54, 1.807) is 17.8 Å². The maximum atomic E-state index is 13.0. The predicted octanol–water partition coefficient (Wildman–Crippen LogP) is 4.46. The first-order valence-corrected chi connectivity index (χ1v) is 8.95. The molecule has 1 heterocycles. The molecule has 1 aromatic heterocycles. The minimum Gasteiger partial charge on any atom is -0.483 e. The zero-order valence-electron chi connectivity index (χ0n) is 15.9. The van der Waals surface area contributed by atoms with Crippen LogP contribution < -0.4 is 10.1 Å². The van der Waals surface area contributed by atoms with Crippen molar-refractivity contribution in [3.63, 3.8) is 0 Å². The second kappa shape index (κ2) is 8.38. The van der Waals surface area contributed by atoms with Gasteiger partial charge in [0.25, 0.3) is 5.91 Å². The number of benzene rings is 2. The minimum atomic E-state index is -4.55. The number of nitrogens with zero attached hydrogens (tertiary/aromatic N) is 2. The van der Waals surface area contributed by atoms with Crippen LogP contribution in [-0.4, -0.2) is 22.3 Å². The van der Waals surface area contributed by atoms with E-state index in [9.17, 15) is 18.0 Å². The van der Waals surface area contributed by atoms with Crippen molar-refractivity contribution in [2.75, 3.05) is 6.61 Å². The smallest absolute Gasteiger partial charge is 0.419 e. The highest BCUT2D eigenvalue weighted by Gasteiger charge is 2.34. The molecule has 8 heteroatoms. The molecule has 0 aliphatic heterocycles. The zero-order valence-corrected chi connectivity index (χ0v) is 15.9. The average Bonchev–Trinajstić information content (AvgIpc) is 3.08. The molecular formula is C21H20F3N3O2. The van der Waals surface area contributed by atoms with Crippen molar-refractivity contribution in [2.45, 2.75) is 26.1 Å². The van der Waals surface area contributed by atoms with Crippen molar-refractivity contribution in [3.05, 3.63) is 77.6 Å². The molecule has 3 rings (SSSR count). The maximum Gasteiger partial charge on any atom is 0.419 e. The molecule has 152 valence electrons. The number of alkyl halides is 3. The molecule has 0 radical (unpaired) electrons. The van der Waals surface area contributed by atoms with E-state index in [1.807, 2.05) is 37.3 Å². The van der Waals surface area contributed by atoms with E-state index in [2.05, 4.69) is 10.4 Å². The van der Waals surface area contributed by atoms with E-state index in [1.165, 1.54) is 18.2 Å². The molecule has 1 unspecified atom stereocenters. The van der Waals surface area contributed by atoms with Crippen molar-refractivity contribution in [2.24, 2.45) is 0 Å². The quantitative estimate of drug-likeness (QED) is 0.661. The van der Waals surface area contributed by atoms with Gasteiger partial charge in [0.05, 0.1) is 23.5 Å². The van der Waals surface area contributed by atoms with Gasteiger partial charge in [-0.2, -0.15) is 18.3 Å². The highest BCUT2D eigenvalue weighted by atomic mass is 19.4. The molecule has 0 fully saturated rings. The summed E-state index contributed by atoms with van der Waals surface area (Å²) in [4.78, 5) is 12.2. The molecule has 0 spiro atoms. The van der Waals surface area contributed by atoms with E-state index in [4.69, 9.17) is 4.74 Å². The Morgan fingerprint density at radius 3 is 2.48 bits per heavy atom. The number of carbonyl (C=O) groups is 1. The molecule has 5 nitrogen and oxygen atoms in total. The Hall–Kier alpha value is -3.29. The second-order valence-electron chi connectivity index (χ2n) is 6.50. The number of aromatic nitrogens is 2. The number of rotatable bonds is 6. The summed E-state index contributed by atoms with van der Waals surface area (Å²) in [5.74, 6) is -0.905. The number of para-hydroxylation sites is 2. The fourth-order valence-electron chi connectivity index (χ4n) is 3.01. The first-order chi connectivity index (χ1) is 13.8. The van der Waals surface area contributed by atoms with Gasteiger partial charge >= 0.3 is 6.18 Å². The minimum absolute atomic E-state index is 0.379. The summed E-state index contributed by atoms with van der Waals surface area (Å²) in [6.07, 6.45) is -2.89. The van der Waals surface area contributed by atoms with Crippen LogP contribution in [0.5, 0.6) is 5.75 Å². The SMILES string of the molecule is Cc1c(C(C)NC(=O)COc2ccccc2C(F)(F)F)cnn1-c1ccccc1. The third kappa shape index (κ3) is 4.77. The lowest BCUT2D eigenvalue weighted by molar-refractivity contribution is -0.139. The van der Waals surface area contributed by atoms with Gasteiger partial charge in [-0.15, -0.1) is 0 Å². The van der Waals surface area contributed by atoms with Crippen molar-refractivity contribution in [3.8, 4) is 11.4 Å². The Balaban J connectivity index is 1.65. The summed E-state index contributed by atoms with van der Waals surface area (Å²) in [6.45, 7) is 3.14. The Morgan fingerprint density at radius 1 is 1.14 bits per heavy atom. The zero-order chi connectivity index (χ0) is 21.0. The van der Waals surface area contributed by atoms with E-state index in [-0.39, 0.29) is 11.8 Å². The lowest BCUT2D eigenvalue weighted by Crippen LogP contribution is -2.31. The van der Waals surface area contributed by atoms with Crippen molar-refractivity contribution in [1.29, 1.82) is 0 Å². The third-order valence-corrected chi connectivity index (χ3v) is 4.44. The number of halogens is 3. The maximum absolute atomic E-state index is 13.0. The first kappa shape index (κ1) is 20.4. The molecule has 0 aliphatic rings. The molecule has 3 aromatic rings. The Kier molecular flexibility index (Phi) is 5.91. The van der Waals surface area contributed by atoms with Crippen molar-refractivity contribution >= 4 is 5.91 Å². The summed E-state index contributed by atoms with van der Waals surface area (Å²) in [5, 5.41) is 7.09. The van der Waals surface area contributed by atoms with E-state index in [0.717, 1.165) is 23.0 Å². The van der Waals surface area contributed by atoms with Gasteiger partial charge in [0, 0.05) is 11.3 Å². The van der Waals surface area contributed by atoms with E-state index in [0.29, 0.717) is 0 Å². The Labute approximate surface area is 166 Å². The summed E-state index contributed by atoms with van der Waals surface area (Å²) < 4.78 is 45.9. The largest absolute Gasteiger partial charge is 0.483 e. The molecular weight excluding hydrogens is 383 g/mol. The van der Waals surface area contributed by atoms with Gasteiger partial charge in [0.1, 0.15) is 5.75 Å². The van der Waals surface area contributed by atoms with Gasteiger partial charge in [-0.3, -0.25) is 4.79 Å². The van der Waals surface area contributed by atoms with Crippen LogP contribution in [0.15, 0.2) is 60.8 Å². The van der Waals surface area contributed by atoms with Crippen LogP contribution in [0.1, 0.15) is 29.8 Å². The molecule has 0 aliphatic carbocycles. The van der Waals surface area contributed by atoms with Gasteiger partial charge in [-0.05, 0) is 38.1 Å². The summed E-state index contributed by atoms with van der Waals surface area (Å²) in [7, 11) is 0. The number of nitrogens with one attached hydrogen (secondary N) is 1. The average molecular weight is 403 g/mol. The van der Waals surface area contributed by atoms with Gasteiger partial charge < -0.3 is 10.1 Å². The monoisotopic (exact) mass is 403 g/mol. The number of hydrogen-bond donors (Lipinski definition) is 1. The fraction of sp³-hybridized carbons (Fsp3) is 0.238. The predicted molar refractivity (Wildman–Crippen MR) is 102 cm³/mol. The van der Waals surface area contributed by atoms with Crippen LogP contribution in [0, 0.1) is 6.92 Å². The lowest BCUT2D eigenvalue weighted by Gasteiger charge is -2.16. The standard InChI is InChI=1S/C21H20F3N3O2/c1-14(17-12-25-27(15(17)2)16-8-4-3-5-9-16)26-20(28)13-29-19-11-7-6-10-18(19)21(22,23)24/h3-12,14H,13H2,1-2H3,(H,26,28). The second-order valence-corrected chi connectivity index (χ2v) is 6.50. The molecule has 2 aromatic carbocycles. The van der Waals surface area contributed by atoms with E-state index >= 15 is 0 Å². The Morgan fingerprint density at radius 2 is 1.79 bits per heavy atom. The summed E-state index contributed by atoms with van der Waals surface area (Å²) in [6, 6.07) is 13.9. The topological polar surface area (TPSA) is 56.1 Å². The van der Waals surface area contributed by atoms with Crippen molar-refractivity contribution in [1.82, 2.24) is 15.1 Å². The molecule has 1 N–H and O–H groups in total. The molecule has 0 bridgehead atoms. The van der Waals surface area contributed by atoms with E-state index < -0.39 is 24.3 Å². The molecule has 29 heavy (non-hydrogen) atoms. The number of ether oxygens (including phenoxy) is 1. The summed E-state index contributed by atoms with van der Waals surface area (Å²) in [5.41, 5.74) is 1.63. The Bertz CT molecular complexity index is 984. The molecule has 1 amide bonds.